The van der Waals surface area contributed by atoms with Crippen LogP contribution in [-0.4, -0.2) is 26.2 Å². The average molecular weight is 171 g/mol. The van der Waals surface area contributed by atoms with Gasteiger partial charge in [-0.2, -0.15) is 0 Å². The first-order valence-electron chi connectivity index (χ1n) is 4.23. The van der Waals surface area contributed by atoms with E-state index in [0.717, 1.165) is 19.6 Å². The van der Waals surface area contributed by atoms with Crippen molar-refractivity contribution < 1.29 is 4.74 Å². The van der Waals surface area contributed by atoms with E-state index in [4.69, 9.17) is 16.2 Å². The van der Waals surface area contributed by atoms with E-state index in [1.807, 2.05) is 0 Å². The van der Waals surface area contributed by atoms with Crippen molar-refractivity contribution in [3.05, 3.63) is 0 Å². The third kappa shape index (κ3) is 2.70. The average Bonchev–Trinajstić information content (AvgIpc) is 2.79. The maximum atomic E-state index is 5.25. The Labute approximate surface area is 73.0 Å². The van der Waals surface area contributed by atoms with Gasteiger partial charge in [0.2, 0.25) is 0 Å². The molecule has 70 valence electrons. The van der Waals surface area contributed by atoms with Gasteiger partial charge in [-0.25, -0.2) is 0 Å². The van der Waals surface area contributed by atoms with Gasteiger partial charge in [-0.1, -0.05) is 0 Å². The van der Waals surface area contributed by atoms with Crippen molar-refractivity contribution in [2.75, 3.05) is 20.3 Å². The van der Waals surface area contributed by atoms with Crippen LogP contribution in [0.3, 0.4) is 0 Å². The van der Waals surface area contributed by atoms with Gasteiger partial charge in [0.05, 0.1) is 0 Å². The van der Waals surface area contributed by atoms with E-state index < -0.39 is 0 Å². The molecule has 0 aliphatic heterocycles. The molecule has 0 aromatic rings. The Hall–Kier alpha value is -0.770. The molecule has 0 aromatic carbocycles. The molecule has 0 amide bonds. The fourth-order valence-corrected chi connectivity index (χ4v) is 1.24. The molecular weight excluding hydrogens is 154 g/mol. The number of methoxy groups -OCH3 is 1. The van der Waals surface area contributed by atoms with Gasteiger partial charge >= 0.3 is 0 Å². The van der Waals surface area contributed by atoms with Crippen LogP contribution in [0.2, 0.25) is 0 Å². The number of guanidine groups is 1. The molecule has 1 saturated carbocycles. The molecule has 0 atom stereocenters. The van der Waals surface area contributed by atoms with Crippen molar-refractivity contribution in [2.24, 2.45) is 21.9 Å². The molecule has 0 unspecified atom stereocenters. The van der Waals surface area contributed by atoms with Crippen molar-refractivity contribution in [1.29, 1.82) is 0 Å². The van der Waals surface area contributed by atoms with Crippen LogP contribution in [-0.2, 0) is 4.74 Å². The summed E-state index contributed by atoms with van der Waals surface area (Å²) in [4.78, 5) is 4.03. The van der Waals surface area contributed by atoms with E-state index in [0.29, 0.717) is 5.41 Å². The minimum Gasteiger partial charge on any atom is -0.385 e. The highest BCUT2D eigenvalue weighted by atomic mass is 16.5. The van der Waals surface area contributed by atoms with Gasteiger partial charge in [-0.3, -0.25) is 4.99 Å². The molecule has 0 aromatic heterocycles. The van der Waals surface area contributed by atoms with Gasteiger partial charge in [0.1, 0.15) is 0 Å². The van der Waals surface area contributed by atoms with E-state index in [-0.39, 0.29) is 5.96 Å². The highest BCUT2D eigenvalue weighted by Crippen LogP contribution is 2.48. The monoisotopic (exact) mass is 171 g/mol. The topological polar surface area (TPSA) is 73.6 Å². The molecule has 4 nitrogen and oxygen atoms in total. The lowest BCUT2D eigenvalue weighted by atomic mass is 10.0. The van der Waals surface area contributed by atoms with Gasteiger partial charge in [-0.15, -0.1) is 0 Å². The predicted molar refractivity (Wildman–Crippen MR) is 48.8 cm³/mol. The Kier molecular flexibility index (Phi) is 2.92. The fraction of sp³-hybridized carbons (Fsp3) is 0.875. The lowest BCUT2D eigenvalue weighted by Gasteiger charge is -2.10. The normalized spacial score (nSPS) is 18.8. The number of rotatable bonds is 5. The molecule has 1 rings (SSSR count). The zero-order valence-electron chi connectivity index (χ0n) is 7.55. The van der Waals surface area contributed by atoms with Crippen molar-refractivity contribution in [3.63, 3.8) is 0 Å². The maximum absolute atomic E-state index is 5.25. The SMILES string of the molecule is COCCC1(CN=C(N)N)CC1. The standard InChI is InChI=1S/C8H17N3O/c1-12-5-4-8(2-3-8)6-11-7(9)10/h2-6H2,1H3,(H4,9,10,11). The molecule has 0 saturated heterocycles. The third-order valence-corrected chi connectivity index (χ3v) is 2.39. The Morgan fingerprint density at radius 2 is 2.17 bits per heavy atom. The summed E-state index contributed by atoms with van der Waals surface area (Å²) in [7, 11) is 1.72. The van der Waals surface area contributed by atoms with E-state index in [1.165, 1.54) is 12.8 Å². The second-order valence-electron chi connectivity index (χ2n) is 3.48. The van der Waals surface area contributed by atoms with Gasteiger partial charge < -0.3 is 16.2 Å². The van der Waals surface area contributed by atoms with Crippen LogP contribution in [0.15, 0.2) is 4.99 Å². The van der Waals surface area contributed by atoms with Gasteiger partial charge in [0, 0.05) is 20.3 Å². The zero-order chi connectivity index (χ0) is 9.03. The largest absolute Gasteiger partial charge is 0.385 e. The smallest absolute Gasteiger partial charge is 0.185 e. The summed E-state index contributed by atoms with van der Waals surface area (Å²) in [5.41, 5.74) is 10.9. The van der Waals surface area contributed by atoms with Crippen LogP contribution >= 0.6 is 0 Å². The Morgan fingerprint density at radius 1 is 1.50 bits per heavy atom. The molecule has 0 heterocycles. The lowest BCUT2D eigenvalue weighted by Crippen LogP contribution is -2.24. The lowest BCUT2D eigenvalue weighted by molar-refractivity contribution is 0.174. The summed E-state index contributed by atoms with van der Waals surface area (Å²) >= 11 is 0. The zero-order valence-corrected chi connectivity index (χ0v) is 7.55. The van der Waals surface area contributed by atoms with Crippen molar-refractivity contribution >= 4 is 5.96 Å². The summed E-state index contributed by atoms with van der Waals surface area (Å²) < 4.78 is 5.01. The van der Waals surface area contributed by atoms with Crippen molar-refractivity contribution in [2.45, 2.75) is 19.3 Å². The molecule has 1 aliphatic carbocycles. The number of ether oxygens (including phenoxy) is 1. The van der Waals surface area contributed by atoms with E-state index in [9.17, 15) is 0 Å². The molecule has 4 heteroatoms. The first-order valence-corrected chi connectivity index (χ1v) is 4.23. The molecule has 12 heavy (non-hydrogen) atoms. The summed E-state index contributed by atoms with van der Waals surface area (Å²) in [6.07, 6.45) is 3.53. The molecule has 0 bridgehead atoms. The number of aliphatic imine (C=N–C) groups is 1. The maximum Gasteiger partial charge on any atom is 0.185 e. The molecule has 0 spiro atoms. The molecule has 1 aliphatic rings. The van der Waals surface area contributed by atoms with Crippen LogP contribution in [0.25, 0.3) is 0 Å². The summed E-state index contributed by atoms with van der Waals surface area (Å²) in [5.74, 6) is 0.193. The molecule has 0 radical (unpaired) electrons. The van der Waals surface area contributed by atoms with Crippen LogP contribution in [0.4, 0.5) is 0 Å². The molecule has 1 fully saturated rings. The van der Waals surface area contributed by atoms with Crippen LogP contribution in [0.5, 0.6) is 0 Å². The minimum atomic E-state index is 0.193. The summed E-state index contributed by atoms with van der Waals surface area (Å²) in [6, 6.07) is 0. The molecule has 4 N–H and O–H groups in total. The minimum absolute atomic E-state index is 0.193. The van der Waals surface area contributed by atoms with Crippen LogP contribution in [0, 0.1) is 5.41 Å². The van der Waals surface area contributed by atoms with Crippen molar-refractivity contribution in [3.8, 4) is 0 Å². The second-order valence-corrected chi connectivity index (χ2v) is 3.48. The first kappa shape index (κ1) is 9.32. The van der Waals surface area contributed by atoms with Gasteiger partial charge in [0.15, 0.2) is 5.96 Å². The quantitative estimate of drug-likeness (QED) is 0.454. The van der Waals surface area contributed by atoms with Crippen LogP contribution < -0.4 is 11.5 Å². The predicted octanol–water partition coefficient (Wildman–Crippen LogP) is 0.0765. The first-order chi connectivity index (χ1) is 5.68. The van der Waals surface area contributed by atoms with Gasteiger partial charge in [-0.05, 0) is 24.7 Å². The Balaban J connectivity index is 2.25. The number of nitrogens with two attached hydrogens (primary N) is 2. The molecular formula is C8H17N3O. The van der Waals surface area contributed by atoms with Crippen molar-refractivity contribution in [1.82, 2.24) is 0 Å². The van der Waals surface area contributed by atoms with Gasteiger partial charge in [0.25, 0.3) is 0 Å². The highest BCUT2D eigenvalue weighted by molar-refractivity contribution is 5.75. The Morgan fingerprint density at radius 3 is 2.58 bits per heavy atom. The highest BCUT2D eigenvalue weighted by Gasteiger charge is 2.41. The van der Waals surface area contributed by atoms with E-state index in [2.05, 4.69) is 4.99 Å². The Bertz CT molecular complexity index is 171. The fourth-order valence-electron chi connectivity index (χ4n) is 1.24. The third-order valence-electron chi connectivity index (χ3n) is 2.39. The number of nitrogens with zero attached hydrogens (tertiary/aromatic N) is 1. The summed E-state index contributed by atoms with van der Waals surface area (Å²) in [6.45, 7) is 1.57. The summed E-state index contributed by atoms with van der Waals surface area (Å²) in [5, 5.41) is 0. The number of hydrogen-bond acceptors (Lipinski definition) is 2. The second kappa shape index (κ2) is 3.76. The van der Waals surface area contributed by atoms with E-state index in [1.54, 1.807) is 7.11 Å². The number of hydrogen-bond donors (Lipinski definition) is 2. The van der Waals surface area contributed by atoms with Crippen LogP contribution in [0.1, 0.15) is 19.3 Å². The van der Waals surface area contributed by atoms with E-state index >= 15 is 0 Å².